The Hall–Kier alpha value is -3.20. The largest absolute Gasteiger partial charge is 0.497 e. The van der Waals surface area contributed by atoms with E-state index in [2.05, 4.69) is 9.64 Å². The van der Waals surface area contributed by atoms with Crippen molar-refractivity contribution in [2.24, 2.45) is 5.92 Å². The number of methoxy groups -OCH3 is 1. The lowest BCUT2D eigenvalue weighted by atomic mass is 9.85. The molecule has 2 aromatic carbocycles. The van der Waals surface area contributed by atoms with Crippen molar-refractivity contribution in [2.75, 3.05) is 33.8 Å². The van der Waals surface area contributed by atoms with Gasteiger partial charge in [0.15, 0.2) is 0 Å². The normalized spacial score (nSPS) is 21.8. The van der Waals surface area contributed by atoms with Crippen molar-refractivity contribution >= 4 is 11.8 Å². The number of piperidine rings is 1. The van der Waals surface area contributed by atoms with Crippen LogP contribution in [0, 0.1) is 5.92 Å². The molecule has 0 aromatic heterocycles. The monoisotopic (exact) mass is 541 g/mol. The highest BCUT2D eigenvalue weighted by molar-refractivity contribution is 5.90. The predicted molar refractivity (Wildman–Crippen MR) is 142 cm³/mol. The van der Waals surface area contributed by atoms with Gasteiger partial charge in [0.05, 0.1) is 7.11 Å². The number of nitrogens with zero attached hydrogens (tertiary/aromatic N) is 3. The third-order valence-corrected chi connectivity index (χ3v) is 8.81. The zero-order valence-electron chi connectivity index (χ0n) is 22.7. The molecule has 1 aliphatic carbocycles. The summed E-state index contributed by atoms with van der Waals surface area (Å²) in [5.41, 5.74) is 1.21. The number of carbonyl (C=O) groups excluding carboxylic acids is 2. The van der Waals surface area contributed by atoms with Gasteiger partial charge < -0.3 is 19.3 Å². The van der Waals surface area contributed by atoms with E-state index in [-0.39, 0.29) is 29.6 Å². The van der Waals surface area contributed by atoms with Gasteiger partial charge in [-0.25, -0.2) is 0 Å². The fourth-order valence-electron chi connectivity index (χ4n) is 6.56. The number of hydrogen-bond acceptors (Lipinski definition) is 5. The molecule has 0 radical (unpaired) electrons. The number of likely N-dealkylation sites (N-methyl/N-ethyl adjacent to an activating group) is 1. The average molecular weight is 542 g/mol. The summed E-state index contributed by atoms with van der Waals surface area (Å²) in [6.45, 7) is -1.27. The van der Waals surface area contributed by atoms with Crippen LogP contribution in [0.3, 0.4) is 0 Å². The van der Waals surface area contributed by atoms with Gasteiger partial charge in [-0.1, -0.05) is 37.1 Å². The third kappa shape index (κ3) is 5.46. The van der Waals surface area contributed by atoms with Crippen molar-refractivity contribution in [3.05, 3.63) is 59.7 Å². The first kappa shape index (κ1) is 27.4. The fraction of sp³-hybridized carbons (Fsp3) is 0.533. The van der Waals surface area contributed by atoms with Crippen molar-refractivity contribution < 1.29 is 27.8 Å². The van der Waals surface area contributed by atoms with E-state index < -0.39 is 12.2 Å². The van der Waals surface area contributed by atoms with Crippen LogP contribution in [0.2, 0.25) is 0 Å². The molecular formula is C30H37F2N3O4. The van der Waals surface area contributed by atoms with Crippen LogP contribution in [0.4, 0.5) is 8.78 Å². The number of halogens is 2. The van der Waals surface area contributed by atoms with Crippen LogP contribution >= 0.6 is 0 Å². The van der Waals surface area contributed by atoms with E-state index in [0.29, 0.717) is 38.9 Å². The highest BCUT2D eigenvalue weighted by Crippen LogP contribution is 2.45. The first-order chi connectivity index (χ1) is 18.8. The summed E-state index contributed by atoms with van der Waals surface area (Å²) in [6, 6.07) is 14.4. The molecule has 0 N–H and O–H groups in total. The van der Waals surface area contributed by atoms with Crippen LogP contribution in [0.15, 0.2) is 48.5 Å². The molecule has 0 bridgehead atoms. The Morgan fingerprint density at radius 2 is 1.62 bits per heavy atom. The third-order valence-electron chi connectivity index (χ3n) is 8.81. The Kier molecular flexibility index (Phi) is 8.07. The Bertz CT molecular complexity index is 1140. The Morgan fingerprint density at radius 3 is 2.21 bits per heavy atom. The van der Waals surface area contributed by atoms with Crippen LogP contribution in [-0.2, 0) is 16.0 Å². The zero-order chi connectivity index (χ0) is 27.6. The molecule has 2 aromatic rings. The molecule has 2 heterocycles. The molecule has 2 amide bonds. The smallest absolute Gasteiger partial charge is 0.387 e. The van der Waals surface area contributed by atoms with Gasteiger partial charge in [-0.2, -0.15) is 8.78 Å². The summed E-state index contributed by atoms with van der Waals surface area (Å²) >= 11 is 0. The maximum atomic E-state index is 14.2. The van der Waals surface area contributed by atoms with Crippen molar-refractivity contribution in [1.82, 2.24) is 14.7 Å². The summed E-state index contributed by atoms with van der Waals surface area (Å²) in [4.78, 5) is 33.2. The lowest BCUT2D eigenvalue weighted by molar-refractivity contribution is -0.142. The average Bonchev–Trinajstić information content (AvgIpc) is 3.55. The van der Waals surface area contributed by atoms with E-state index in [1.165, 1.54) is 12.1 Å². The minimum atomic E-state index is -2.90. The summed E-state index contributed by atoms with van der Waals surface area (Å²) < 4.78 is 35.2. The van der Waals surface area contributed by atoms with E-state index in [1.807, 2.05) is 41.1 Å². The van der Waals surface area contributed by atoms with Crippen LogP contribution in [0.25, 0.3) is 0 Å². The molecule has 3 fully saturated rings. The van der Waals surface area contributed by atoms with E-state index in [1.54, 1.807) is 19.2 Å². The second-order valence-corrected chi connectivity index (χ2v) is 10.9. The van der Waals surface area contributed by atoms with Gasteiger partial charge in [-0.15, -0.1) is 0 Å². The van der Waals surface area contributed by atoms with Gasteiger partial charge in [0, 0.05) is 25.6 Å². The molecule has 5 rings (SSSR count). The van der Waals surface area contributed by atoms with Crippen LogP contribution in [-0.4, -0.2) is 72.5 Å². The van der Waals surface area contributed by atoms with Gasteiger partial charge in [-0.3, -0.25) is 14.5 Å². The fourth-order valence-corrected chi connectivity index (χ4v) is 6.56. The first-order valence-electron chi connectivity index (χ1n) is 13.8. The molecule has 1 spiro atoms. The molecule has 7 nitrogen and oxygen atoms in total. The Morgan fingerprint density at radius 1 is 1.00 bits per heavy atom. The summed E-state index contributed by atoms with van der Waals surface area (Å²) in [6.07, 6.45) is 5.61. The highest BCUT2D eigenvalue weighted by Gasteiger charge is 2.57. The van der Waals surface area contributed by atoms with E-state index in [0.717, 1.165) is 42.6 Å². The number of amides is 2. The first-order valence-corrected chi connectivity index (χ1v) is 13.8. The molecule has 3 aliphatic rings. The van der Waals surface area contributed by atoms with E-state index in [4.69, 9.17) is 4.74 Å². The van der Waals surface area contributed by atoms with Gasteiger partial charge >= 0.3 is 6.61 Å². The maximum Gasteiger partial charge on any atom is 0.387 e. The Balaban J connectivity index is 1.37. The number of ether oxygens (including phenoxy) is 2. The topological polar surface area (TPSA) is 62.3 Å². The zero-order valence-corrected chi connectivity index (χ0v) is 22.7. The molecule has 39 heavy (non-hydrogen) atoms. The summed E-state index contributed by atoms with van der Waals surface area (Å²) in [5.74, 6) is 1.28. The van der Waals surface area contributed by atoms with Crippen molar-refractivity contribution in [3.63, 3.8) is 0 Å². The summed E-state index contributed by atoms with van der Waals surface area (Å²) in [7, 11) is 3.59. The molecule has 1 unspecified atom stereocenters. The Labute approximate surface area is 228 Å². The quantitative estimate of drug-likeness (QED) is 0.478. The second kappa shape index (κ2) is 11.5. The number of likely N-dealkylation sites (tertiary alicyclic amines) is 1. The molecule has 9 heteroatoms. The van der Waals surface area contributed by atoms with E-state index in [9.17, 15) is 18.4 Å². The van der Waals surface area contributed by atoms with Crippen LogP contribution in [0.1, 0.15) is 55.8 Å². The number of carbonyl (C=O) groups is 2. The standard InChI is InChI=1S/C30H37F2N3O4/c1-33-26(22-9-13-25(14-10-22)39-29(31)32)35(18-15-21-7-11-24(38-2)12-8-21)28(37)30(33)16-19-34(20-17-30)27(36)23-5-3-4-6-23/h7-14,23,26,29H,3-6,15-20H2,1-2H3. The van der Waals surface area contributed by atoms with Gasteiger partial charge in [0.2, 0.25) is 11.8 Å². The highest BCUT2D eigenvalue weighted by atomic mass is 19.3. The molecule has 210 valence electrons. The lowest BCUT2D eigenvalue weighted by Crippen LogP contribution is -2.56. The maximum absolute atomic E-state index is 14.2. The second-order valence-electron chi connectivity index (χ2n) is 10.9. The molecule has 2 saturated heterocycles. The number of rotatable bonds is 8. The number of alkyl halides is 2. The van der Waals surface area contributed by atoms with Crippen LogP contribution < -0.4 is 9.47 Å². The van der Waals surface area contributed by atoms with Crippen molar-refractivity contribution in [2.45, 2.75) is 63.3 Å². The van der Waals surface area contributed by atoms with E-state index >= 15 is 0 Å². The minimum Gasteiger partial charge on any atom is -0.497 e. The van der Waals surface area contributed by atoms with Gasteiger partial charge in [0.1, 0.15) is 23.2 Å². The predicted octanol–water partition coefficient (Wildman–Crippen LogP) is 4.86. The summed E-state index contributed by atoms with van der Waals surface area (Å²) in [5, 5.41) is 0. The molecular weight excluding hydrogens is 504 g/mol. The minimum absolute atomic E-state index is 0.0596. The van der Waals surface area contributed by atoms with Crippen molar-refractivity contribution in [1.29, 1.82) is 0 Å². The molecule has 2 aliphatic heterocycles. The van der Waals surface area contributed by atoms with Crippen LogP contribution in [0.5, 0.6) is 11.5 Å². The SMILES string of the molecule is COc1ccc(CCN2C(=O)C3(CCN(C(=O)C4CCCC4)CC3)N(C)C2c2ccc(OC(F)F)cc2)cc1. The van der Waals surface area contributed by atoms with Gasteiger partial charge in [0.25, 0.3) is 0 Å². The van der Waals surface area contributed by atoms with Gasteiger partial charge in [-0.05, 0) is 74.5 Å². The molecule has 1 saturated carbocycles. The van der Waals surface area contributed by atoms with Crippen molar-refractivity contribution in [3.8, 4) is 11.5 Å². The lowest BCUT2D eigenvalue weighted by Gasteiger charge is -2.42. The molecule has 1 atom stereocenters. The number of hydrogen-bond donors (Lipinski definition) is 0. The number of benzene rings is 2.